The van der Waals surface area contributed by atoms with Gasteiger partial charge in [-0.25, -0.2) is 0 Å². The van der Waals surface area contributed by atoms with Crippen molar-refractivity contribution in [2.24, 2.45) is 11.5 Å². The normalized spacial score (nSPS) is 11.7. The van der Waals surface area contributed by atoms with Gasteiger partial charge in [0.15, 0.2) is 11.5 Å². The summed E-state index contributed by atoms with van der Waals surface area (Å²) >= 11 is 0. The first kappa shape index (κ1) is 31.3. The molecule has 0 saturated heterocycles. The van der Waals surface area contributed by atoms with Gasteiger partial charge in [0.25, 0.3) is 0 Å². The largest absolute Gasteiger partial charge is 0.493 e. The van der Waals surface area contributed by atoms with Crippen LogP contribution in [0.5, 0.6) is 11.5 Å². The lowest BCUT2D eigenvalue weighted by molar-refractivity contribution is 0.297. The monoisotopic (exact) mass is 474 g/mol. The molecule has 0 spiro atoms. The van der Waals surface area contributed by atoms with E-state index in [0.29, 0.717) is 36.6 Å². The summed E-state index contributed by atoms with van der Waals surface area (Å²) in [4.78, 5) is 0. The molecule has 2 rings (SSSR count). The molecule has 0 fully saturated rings. The Morgan fingerprint density at radius 3 is 2.21 bits per heavy atom. The van der Waals surface area contributed by atoms with E-state index in [2.05, 4.69) is 16.7 Å². The number of ether oxygens (including phenoxy) is 2. The molecule has 7 nitrogen and oxygen atoms in total. The average Bonchev–Trinajstić information content (AvgIpc) is 2.88. The highest BCUT2D eigenvalue weighted by Gasteiger charge is 2.13. The van der Waals surface area contributed by atoms with E-state index in [0.717, 1.165) is 28.0 Å². The first-order valence-electron chi connectivity index (χ1n) is 12.0. The van der Waals surface area contributed by atoms with Gasteiger partial charge >= 0.3 is 0 Å². The van der Waals surface area contributed by atoms with Crippen LogP contribution in [0.4, 0.5) is 5.69 Å². The highest BCUT2D eigenvalue weighted by molar-refractivity contribution is 5.77. The lowest BCUT2D eigenvalue weighted by atomic mass is 10.0. The molecule has 34 heavy (non-hydrogen) atoms. The third-order valence-corrected chi connectivity index (χ3v) is 5.01. The van der Waals surface area contributed by atoms with Gasteiger partial charge in [-0.2, -0.15) is 0 Å². The fraction of sp³-hybridized carbons (Fsp3) is 0.481. The lowest BCUT2D eigenvalue weighted by Gasteiger charge is -2.19. The van der Waals surface area contributed by atoms with Crippen LogP contribution in [-0.4, -0.2) is 45.7 Å². The molecule has 192 valence electrons. The second kappa shape index (κ2) is 17.7. The summed E-state index contributed by atoms with van der Waals surface area (Å²) in [7, 11) is 5.09. The third kappa shape index (κ3) is 9.63. The molecule has 0 heterocycles. The third-order valence-electron chi connectivity index (χ3n) is 5.01. The van der Waals surface area contributed by atoms with Crippen LogP contribution in [0.3, 0.4) is 0 Å². The summed E-state index contributed by atoms with van der Waals surface area (Å²) in [6, 6.07) is 11.8. The van der Waals surface area contributed by atoms with E-state index in [4.69, 9.17) is 20.9 Å². The van der Waals surface area contributed by atoms with E-state index in [1.807, 2.05) is 72.0 Å². The number of aliphatic hydroxyl groups excluding tert-OH is 1. The highest BCUT2D eigenvalue weighted by Crippen LogP contribution is 2.28. The molecule has 0 aromatic heterocycles. The van der Waals surface area contributed by atoms with Crippen molar-refractivity contribution >= 4 is 11.4 Å². The lowest BCUT2D eigenvalue weighted by Crippen LogP contribution is -2.40. The number of hydrogen-bond donors (Lipinski definition) is 5. The minimum atomic E-state index is -0.286. The number of aryl methyl sites for hydroxylation is 1. The first-order chi connectivity index (χ1) is 16.4. The molecule has 0 bridgehead atoms. The van der Waals surface area contributed by atoms with Gasteiger partial charge in [0.05, 0.1) is 20.4 Å². The standard InChI is InChI=1S/C23H34N4O3.2C2H6/c1-15-5-7-18(19(11-15)26-2)23(25)17(9-10-28)14-27-22(24)13-16-6-8-20(29-3)21(12-16)30-4;2*1-2/h5-8,11-12,22,26-28H,9-10,13-14,24-25H2,1-4H3;2*1-2H3/b23-17-;;. The molecular weight excluding hydrogens is 428 g/mol. The second-order valence-electron chi connectivity index (χ2n) is 7.17. The summed E-state index contributed by atoms with van der Waals surface area (Å²) in [5.41, 5.74) is 18.4. The second-order valence-corrected chi connectivity index (χ2v) is 7.17. The van der Waals surface area contributed by atoms with Crippen molar-refractivity contribution in [2.45, 2.75) is 53.6 Å². The Morgan fingerprint density at radius 1 is 1.00 bits per heavy atom. The zero-order valence-corrected chi connectivity index (χ0v) is 22.3. The number of benzene rings is 2. The molecule has 7 heteroatoms. The molecule has 0 saturated carbocycles. The first-order valence-corrected chi connectivity index (χ1v) is 12.0. The van der Waals surface area contributed by atoms with Crippen LogP contribution in [-0.2, 0) is 6.42 Å². The summed E-state index contributed by atoms with van der Waals surface area (Å²) in [5, 5.41) is 16.0. The minimum Gasteiger partial charge on any atom is -0.493 e. The number of aliphatic hydroxyl groups is 1. The van der Waals surface area contributed by atoms with E-state index in [9.17, 15) is 5.11 Å². The van der Waals surface area contributed by atoms with Crippen LogP contribution < -0.4 is 31.6 Å². The molecule has 0 aliphatic rings. The maximum atomic E-state index is 9.52. The van der Waals surface area contributed by atoms with Crippen LogP contribution in [0.15, 0.2) is 42.0 Å². The van der Waals surface area contributed by atoms with Crippen LogP contribution in [0, 0.1) is 6.92 Å². The molecule has 0 amide bonds. The summed E-state index contributed by atoms with van der Waals surface area (Å²) < 4.78 is 10.6. The number of nitrogens with two attached hydrogens (primary N) is 2. The van der Waals surface area contributed by atoms with E-state index < -0.39 is 0 Å². The summed E-state index contributed by atoms with van der Waals surface area (Å²) in [5.74, 6) is 1.36. The molecule has 0 aliphatic heterocycles. The van der Waals surface area contributed by atoms with Gasteiger partial charge in [-0.05, 0) is 48.2 Å². The van der Waals surface area contributed by atoms with Gasteiger partial charge < -0.3 is 31.4 Å². The Morgan fingerprint density at radius 2 is 1.65 bits per heavy atom. The molecule has 0 radical (unpaired) electrons. The predicted molar refractivity (Wildman–Crippen MR) is 145 cm³/mol. The fourth-order valence-electron chi connectivity index (χ4n) is 3.33. The molecule has 1 unspecified atom stereocenters. The van der Waals surface area contributed by atoms with Gasteiger partial charge in [0.1, 0.15) is 0 Å². The van der Waals surface area contributed by atoms with Crippen molar-refractivity contribution in [1.82, 2.24) is 5.32 Å². The number of rotatable bonds is 11. The minimum absolute atomic E-state index is 0.0172. The molecule has 2 aromatic rings. The molecule has 7 N–H and O–H groups in total. The summed E-state index contributed by atoms with van der Waals surface area (Å²) in [6.45, 7) is 10.5. The average molecular weight is 475 g/mol. The Bertz CT molecular complexity index is 869. The van der Waals surface area contributed by atoms with Gasteiger partial charge in [-0.3, -0.25) is 5.32 Å². The van der Waals surface area contributed by atoms with Crippen molar-refractivity contribution in [3.8, 4) is 11.5 Å². The number of anilines is 1. The van der Waals surface area contributed by atoms with Crippen molar-refractivity contribution in [2.75, 3.05) is 39.7 Å². The molecule has 1 atom stereocenters. The quantitative estimate of drug-likeness (QED) is 0.309. The van der Waals surface area contributed by atoms with Crippen molar-refractivity contribution < 1.29 is 14.6 Å². The Kier molecular flexibility index (Phi) is 16.3. The van der Waals surface area contributed by atoms with Crippen molar-refractivity contribution in [3.63, 3.8) is 0 Å². The highest BCUT2D eigenvalue weighted by atomic mass is 16.5. The maximum Gasteiger partial charge on any atom is 0.160 e. The van der Waals surface area contributed by atoms with Crippen LogP contribution >= 0.6 is 0 Å². The summed E-state index contributed by atoms with van der Waals surface area (Å²) in [6.07, 6.45) is 0.795. The smallest absolute Gasteiger partial charge is 0.160 e. The number of hydrogen-bond acceptors (Lipinski definition) is 7. The van der Waals surface area contributed by atoms with Crippen LogP contribution in [0.1, 0.15) is 50.8 Å². The van der Waals surface area contributed by atoms with Gasteiger partial charge in [-0.15, -0.1) is 0 Å². The Balaban J connectivity index is 0.00000258. The maximum absolute atomic E-state index is 9.52. The van der Waals surface area contributed by atoms with Crippen LogP contribution in [0.2, 0.25) is 0 Å². The van der Waals surface area contributed by atoms with Gasteiger partial charge in [0.2, 0.25) is 0 Å². The van der Waals surface area contributed by atoms with Crippen molar-refractivity contribution in [1.29, 1.82) is 0 Å². The SMILES string of the molecule is CC.CC.CNc1cc(C)ccc1/C(N)=C(\CCO)CNC(N)Cc1ccc(OC)c(OC)c1. The predicted octanol–water partition coefficient (Wildman–Crippen LogP) is 4.28. The number of methoxy groups -OCH3 is 2. The van der Waals surface area contributed by atoms with Crippen LogP contribution in [0.25, 0.3) is 5.70 Å². The van der Waals surface area contributed by atoms with Crippen molar-refractivity contribution in [3.05, 3.63) is 58.7 Å². The topological polar surface area (TPSA) is 115 Å². The van der Waals surface area contributed by atoms with E-state index >= 15 is 0 Å². The molecular formula is C27H46N4O3. The van der Waals surface area contributed by atoms with Gasteiger partial charge in [-0.1, -0.05) is 45.9 Å². The van der Waals surface area contributed by atoms with E-state index in [1.165, 1.54) is 0 Å². The Hall–Kier alpha value is -2.74. The molecule has 2 aromatic carbocycles. The molecule has 0 aliphatic carbocycles. The van der Waals surface area contributed by atoms with E-state index in [1.54, 1.807) is 14.2 Å². The van der Waals surface area contributed by atoms with E-state index in [-0.39, 0.29) is 12.8 Å². The zero-order chi connectivity index (χ0) is 26.1. The van der Waals surface area contributed by atoms with Gasteiger partial charge in [0, 0.05) is 43.6 Å². The Labute approximate surface area is 206 Å². The zero-order valence-electron chi connectivity index (χ0n) is 22.3. The fourth-order valence-corrected chi connectivity index (χ4v) is 3.33. The number of nitrogens with one attached hydrogen (secondary N) is 2.